The van der Waals surface area contributed by atoms with E-state index < -0.39 is 36.6 Å². The minimum Gasteiger partial charge on any atom is -0.480 e. The van der Waals surface area contributed by atoms with Crippen molar-refractivity contribution in [1.82, 2.24) is 20.4 Å². The summed E-state index contributed by atoms with van der Waals surface area (Å²) in [6, 6.07) is -3.09. The van der Waals surface area contributed by atoms with Crippen LogP contribution >= 0.6 is 0 Å². The van der Waals surface area contributed by atoms with Crippen LogP contribution in [0.4, 0.5) is 0 Å². The van der Waals surface area contributed by atoms with E-state index in [2.05, 4.69) is 10.6 Å². The standard InChI is InChI=1S/C18H28N4O6/c23-10-12(20-15(24)11-4-1-7-19-11)16(25)21-8-2-5-13(21)17(26)22-9-3-6-14(22)18(27)28/h11-14,19,23H,1-10H2,(H,20,24)(H,27,28)/t11-,12-,13-,14-/m0/s1. The van der Waals surface area contributed by atoms with Crippen LogP contribution in [0.25, 0.3) is 0 Å². The molecule has 156 valence electrons. The first-order chi connectivity index (χ1) is 13.4. The summed E-state index contributed by atoms with van der Waals surface area (Å²) in [5.74, 6) is -2.24. The number of rotatable bonds is 6. The fraction of sp³-hybridized carbons (Fsp3) is 0.778. The Morgan fingerprint density at radius 1 is 1.00 bits per heavy atom. The highest BCUT2D eigenvalue weighted by Gasteiger charge is 2.43. The molecule has 3 fully saturated rings. The Labute approximate surface area is 163 Å². The van der Waals surface area contributed by atoms with Crippen molar-refractivity contribution in [2.75, 3.05) is 26.2 Å². The molecule has 0 unspecified atom stereocenters. The maximum Gasteiger partial charge on any atom is 0.326 e. The Morgan fingerprint density at radius 2 is 1.68 bits per heavy atom. The van der Waals surface area contributed by atoms with E-state index in [0.29, 0.717) is 45.2 Å². The summed E-state index contributed by atoms with van der Waals surface area (Å²) >= 11 is 0. The SMILES string of the molecule is O=C(N[C@@H](CO)C(=O)N1CCC[C@H]1C(=O)N1CCC[C@H]1C(=O)O)[C@@H]1CCCN1. The van der Waals surface area contributed by atoms with Gasteiger partial charge in [0.05, 0.1) is 12.6 Å². The summed E-state index contributed by atoms with van der Waals surface area (Å²) in [6.07, 6.45) is 3.64. The number of carboxylic acid groups (broad SMARTS) is 1. The van der Waals surface area contributed by atoms with Crippen LogP contribution in [-0.2, 0) is 19.2 Å². The predicted octanol–water partition coefficient (Wildman–Crippen LogP) is -1.72. The lowest BCUT2D eigenvalue weighted by molar-refractivity contribution is -0.152. The molecule has 0 bridgehead atoms. The summed E-state index contributed by atoms with van der Waals surface area (Å²) in [5, 5.41) is 24.6. The van der Waals surface area contributed by atoms with E-state index >= 15 is 0 Å². The van der Waals surface area contributed by atoms with E-state index in [4.69, 9.17) is 0 Å². The van der Waals surface area contributed by atoms with Gasteiger partial charge in [-0.1, -0.05) is 0 Å². The van der Waals surface area contributed by atoms with Gasteiger partial charge in [0, 0.05) is 13.1 Å². The number of likely N-dealkylation sites (tertiary alicyclic amines) is 2. The lowest BCUT2D eigenvalue weighted by atomic mass is 10.1. The third kappa shape index (κ3) is 4.12. The summed E-state index contributed by atoms with van der Waals surface area (Å²) in [5.41, 5.74) is 0. The molecule has 4 N–H and O–H groups in total. The molecule has 10 nitrogen and oxygen atoms in total. The van der Waals surface area contributed by atoms with Gasteiger partial charge in [0.25, 0.3) is 0 Å². The van der Waals surface area contributed by atoms with Gasteiger partial charge in [-0.2, -0.15) is 0 Å². The number of amides is 3. The van der Waals surface area contributed by atoms with Crippen LogP contribution in [-0.4, -0.2) is 94.1 Å². The lowest BCUT2D eigenvalue weighted by Gasteiger charge is -2.32. The number of carbonyl (C=O) groups excluding carboxylic acids is 3. The molecule has 3 amide bonds. The number of hydrogen-bond donors (Lipinski definition) is 4. The Kier molecular flexibility index (Phi) is 6.50. The molecular weight excluding hydrogens is 368 g/mol. The molecule has 0 aliphatic carbocycles. The molecule has 3 aliphatic heterocycles. The van der Waals surface area contributed by atoms with Crippen LogP contribution in [0.2, 0.25) is 0 Å². The van der Waals surface area contributed by atoms with Gasteiger partial charge in [-0.05, 0) is 45.1 Å². The van der Waals surface area contributed by atoms with Crippen LogP contribution in [0.5, 0.6) is 0 Å². The Balaban J connectivity index is 1.66. The number of aliphatic hydroxyl groups is 1. The Bertz CT molecular complexity index is 636. The summed E-state index contributed by atoms with van der Waals surface area (Å²) in [6.45, 7) is 0.881. The van der Waals surface area contributed by atoms with Crippen molar-refractivity contribution in [2.24, 2.45) is 0 Å². The summed E-state index contributed by atoms with van der Waals surface area (Å²) in [4.78, 5) is 52.2. The normalized spacial score (nSPS) is 28.4. The molecule has 0 spiro atoms. The molecule has 0 aromatic rings. The average Bonchev–Trinajstić information content (AvgIpc) is 3.44. The first-order valence-electron chi connectivity index (χ1n) is 9.92. The van der Waals surface area contributed by atoms with Gasteiger partial charge in [-0.3, -0.25) is 14.4 Å². The third-order valence-electron chi connectivity index (χ3n) is 5.82. The topological polar surface area (TPSA) is 139 Å². The maximum atomic E-state index is 12.9. The van der Waals surface area contributed by atoms with E-state index in [-0.39, 0.29) is 17.9 Å². The lowest BCUT2D eigenvalue weighted by Crippen LogP contribution is -2.57. The number of hydrogen-bond acceptors (Lipinski definition) is 6. The first kappa shape index (κ1) is 20.5. The monoisotopic (exact) mass is 396 g/mol. The highest BCUT2D eigenvalue weighted by atomic mass is 16.4. The zero-order valence-electron chi connectivity index (χ0n) is 15.8. The molecule has 3 aliphatic rings. The second-order valence-corrected chi connectivity index (χ2v) is 7.61. The van der Waals surface area contributed by atoms with E-state index in [1.165, 1.54) is 9.80 Å². The zero-order valence-corrected chi connectivity index (χ0v) is 15.8. The molecule has 28 heavy (non-hydrogen) atoms. The number of nitrogens with zero attached hydrogens (tertiary/aromatic N) is 2. The van der Waals surface area contributed by atoms with E-state index in [1.807, 2.05) is 0 Å². The molecule has 3 rings (SSSR count). The maximum absolute atomic E-state index is 12.9. The second-order valence-electron chi connectivity index (χ2n) is 7.61. The van der Waals surface area contributed by atoms with Gasteiger partial charge in [0.2, 0.25) is 17.7 Å². The van der Waals surface area contributed by atoms with Gasteiger partial charge in [0.15, 0.2) is 0 Å². The third-order valence-corrected chi connectivity index (χ3v) is 5.82. The fourth-order valence-electron chi connectivity index (χ4n) is 4.33. The van der Waals surface area contributed by atoms with Gasteiger partial charge < -0.3 is 30.6 Å². The van der Waals surface area contributed by atoms with Crippen molar-refractivity contribution < 1.29 is 29.4 Å². The van der Waals surface area contributed by atoms with E-state index in [9.17, 15) is 29.4 Å². The van der Waals surface area contributed by atoms with Crippen LogP contribution in [0.1, 0.15) is 38.5 Å². The zero-order chi connectivity index (χ0) is 20.3. The highest BCUT2D eigenvalue weighted by molar-refractivity contribution is 5.94. The quantitative estimate of drug-likeness (QED) is 0.419. The van der Waals surface area contributed by atoms with Gasteiger partial charge in [-0.25, -0.2) is 4.79 Å². The smallest absolute Gasteiger partial charge is 0.326 e. The number of aliphatic carboxylic acids is 1. The number of carbonyl (C=O) groups is 4. The van der Waals surface area contributed by atoms with Crippen LogP contribution in [0, 0.1) is 0 Å². The molecule has 0 saturated carbocycles. The van der Waals surface area contributed by atoms with Crippen molar-refractivity contribution in [3.63, 3.8) is 0 Å². The molecule has 0 aromatic heterocycles. The van der Waals surface area contributed by atoms with Crippen LogP contribution in [0.3, 0.4) is 0 Å². The van der Waals surface area contributed by atoms with Crippen molar-refractivity contribution in [1.29, 1.82) is 0 Å². The van der Waals surface area contributed by atoms with E-state index in [0.717, 1.165) is 13.0 Å². The average molecular weight is 396 g/mol. The van der Waals surface area contributed by atoms with Gasteiger partial charge >= 0.3 is 5.97 Å². The Morgan fingerprint density at radius 3 is 2.29 bits per heavy atom. The highest BCUT2D eigenvalue weighted by Crippen LogP contribution is 2.25. The molecule has 3 heterocycles. The predicted molar refractivity (Wildman–Crippen MR) is 97.1 cm³/mol. The number of aliphatic hydroxyl groups excluding tert-OH is 1. The molecule has 0 radical (unpaired) electrons. The Hall–Kier alpha value is -2.20. The molecule has 3 saturated heterocycles. The second kappa shape index (κ2) is 8.87. The van der Waals surface area contributed by atoms with Crippen LogP contribution in [0.15, 0.2) is 0 Å². The van der Waals surface area contributed by atoms with Crippen LogP contribution < -0.4 is 10.6 Å². The van der Waals surface area contributed by atoms with Crippen molar-refractivity contribution in [3.8, 4) is 0 Å². The van der Waals surface area contributed by atoms with E-state index in [1.54, 1.807) is 0 Å². The van der Waals surface area contributed by atoms with Gasteiger partial charge in [-0.15, -0.1) is 0 Å². The van der Waals surface area contributed by atoms with Gasteiger partial charge in [0.1, 0.15) is 18.1 Å². The van der Waals surface area contributed by atoms with Crippen molar-refractivity contribution >= 4 is 23.7 Å². The number of carboxylic acids is 1. The largest absolute Gasteiger partial charge is 0.480 e. The molecule has 4 atom stereocenters. The first-order valence-corrected chi connectivity index (χ1v) is 9.92. The fourth-order valence-corrected chi connectivity index (χ4v) is 4.33. The summed E-state index contributed by atoms with van der Waals surface area (Å²) < 4.78 is 0. The number of nitrogens with one attached hydrogen (secondary N) is 2. The minimum absolute atomic E-state index is 0.336. The van der Waals surface area contributed by atoms with Crippen molar-refractivity contribution in [3.05, 3.63) is 0 Å². The molecule has 0 aromatic carbocycles. The molecule has 10 heteroatoms. The minimum atomic E-state index is -1.11. The van der Waals surface area contributed by atoms with Crippen molar-refractivity contribution in [2.45, 2.75) is 62.7 Å². The summed E-state index contributed by atoms with van der Waals surface area (Å²) in [7, 11) is 0. The molecular formula is C18H28N4O6.